The summed E-state index contributed by atoms with van der Waals surface area (Å²) in [6, 6.07) is -0.0113. The molecule has 1 aromatic rings. The lowest BCUT2D eigenvalue weighted by Crippen LogP contribution is -2.36. The number of rotatable bonds is 6. The topological polar surface area (TPSA) is 50.5 Å². The van der Waals surface area contributed by atoms with Crippen molar-refractivity contribution >= 4 is 21.6 Å². The van der Waals surface area contributed by atoms with E-state index in [0.29, 0.717) is 17.1 Å². The number of hydrogen-bond donors (Lipinski definition) is 0. The van der Waals surface area contributed by atoms with E-state index in [2.05, 4.69) is 0 Å². The van der Waals surface area contributed by atoms with Gasteiger partial charge in [0.2, 0.25) is 10.0 Å². The third-order valence-corrected chi connectivity index (χ3v) is 5.93. The van der Waals surface area contributed by atoms with E-state index < -0.39 is 10.0 Å². The normalized spacial score (nSPS) is 12.6. The molecule has 0 aromatic carbocycles. The third-order valence-electron chi connectivity index (χ3n) is 3.55. The van der Waals surface area contributed by atoms with Gasteiger partial charge in [0.15, 0.2) is 0 Å². The van der Waals surface area contributed by atoms with Crippen molar-refractivity contribution in [3.8, 4) is 0 Å². The first-order valence-corrected chi connectivity index (χ1v) is 8.41. The van der Waals surface area contributed by atoms with Gasteiger partial charge in [-0.1, -0.05) is 13.8 Å². The average molecular weight is 308 g/mol. The zero-order valence-corrected chi connectivity index (χ0v) is 13.7. The molecule has 1 heterocycles. The van der Waals surface area contributed by atoms with Gasteiger partial charge in [0.1, 0.15) is 16.4 Å². The van der Waals surface area contributed by atoms with Gasteiger partial charge in [-0.3, -0.25) is 0 Å². The van der Waals surface area contributed by atoms with Crippen LogP contribution in [0.2, 0.25) is 0 Å². The third kappa shape index (κ3) is 2.98. The molecule has 0 spiro atoms. The van der Waals surface area contributed by atoms with Crippen LogP contribution in [0.5, 0.6) is 0 Å². The Balaban J connectivity index is 3.35. The lowest BCUT2D eigenvalue weighted by molar-refractivity contribution is 0.348. The number of aryl methyl sites for hydroxylation is 2. The number of sulfonamides is 1. The highest BCUT2D eigenvalue weighted by Gasteiger charge is 2.32. The largest absolute Gasteiger partial charge is 0.465 e. The van der Waals surface area contributed by atoms with Crippen molar-refractivity contribution in [3.05, 3.63) is 17.1 Å². The lowest BCUT2D eigenvalue weighted by atomic mass is 10.2. The first-order valence-electron chi connectivity index (χ1n) is 6.44. The molecule has 0 fully saturated rings. The van der Waals surface area contributed by atoms with Crippen LogP contribution in [0.1, 0.15) is 43.8 Å². The van der Waals surface area contributed by atoms with Crippen LogP contribution in [0.4, 0.5) is 0 Å². The second kappa shape index (κ2) is 6.29. The molecule has 0 aliphatic rings. The van der Waals surface area contributed by atoms with E-state index in [4.69, 9.17) is 16.0 Å². The van der Waals surface area contributed by atoms with Crippen LogP contribution in [0.25, 0.3) is 0 Å². The van der Waals surface area contributed by atoms with Gasteiger partial charge in [0.25, 0.3) is 0 Å². The number of hydrogen-bond acceptors (Lipinski definition) is 3. The second-order valence-electron chi connectivity index (χ2n) is 4.65. The first-order chi connectivity index (χ1) is 8.81. The van der Waals surface area contributed by atoms with Crippen LogP contribution < -0.4 is 0 Å². The molecule has 0 bridgehead atoms. The minimum atomic E-state index is -3.56. The van der Waals surface area contributed by atoms with E-state index in [0.717, 1.165) is 12.8 Å². The van der Waals surface area contributed by atoms with Crippen LogP contribution in [0.3, 0.4) is 0 Å². The Morgan fingerprint density at radius 1 is 1.21 bits per heavy atom. The van der Waals surface area contributed by atoms with Gasteiger partial charge in [-0.2, -0.15) is 4.31 Å². The molecule has 0 saturated carbocycles. The zero-order valence-electron chi connectivity index (χ0n) is 12.2. The molecule has 19 heavy (non-hydrogen) atoms. The Hall–Kier alpha value is -0.520. The highest BCUT2D eigenvalue weighted by atomic mass is 35.5. The standard InChI is InChI=1S/C13H22ClNO3S/c1-6-11(7-2)15(5)19(16,17)13-10(4)18-9(3)12(13)8-14/h11H,6-8H2,1-5H3. The molecule has 0 atom stereocenters. The van der Waals surface area contributed by atoms with Crippen LogP contribution in [0.15, 0.2) is 9.31 Å². The van der Waals surface area contributed by atoms with Crippen molar-refractivity contribution in [2.24, 2.45) is 0 Å². The van der Waals surface area contributed by atoms with E-state index >= 15 is 0 Å². The Bertz CT molecular complexity index is 532. The van der Waals surface area contributed by atoms with E-state index in [1.54, 1.807) is 20.9 Å². The van der Waals surface area contributed by atoms with E-state index in [1.807, 2.05) is 13.8 Å². The summed E-state index contributed by atoms with van der Waals surface area (Å²) in [5, 5.41) is 0. The van der Waals surface area contributed by atoms with Gasteiger partial charge in [-0.15, -0.1) is 11.6 Å². The van der Waals surface area contributed by atoms with E-state index in [1.165, 1.54) is 4.31 Å². The van der Waals surface area contributed by atoms with Crippen molar-refractivity contribution in [2.45, 2.75) is 57.4 Å². The van der Waals surface area contributed by atoms with Crippen LogP contribution >= 0.6 is 11.6 Å². The van der Waals surface area contributed by atoms with E-state index in [-0.39, 0.29) is 16.8 Å². The summed E-state index contributed by atoms with van der Waals surface area (Å²) in [5.74, 6) is 1.11. The molecule has 0 saturated heterocycles. The molecule has 0 radical (unpaired) electrons. The van der Waals surface area contributed by atoms with Gasteiger partial charge in [-0.05, 0) is 26.7 Å². The molecule has 0 aliphatic carbocycles. The number of alkyl halides is 1. The zero-order chi connectivity index (χ0) is 14.8. The molecule has 1 aromatic heterocycles. The quantitative estimate of drug-likeness (QED) is 0.756. The molecule has 0 amide bonds. The first kappa shape index (κ1) is 16.5. The Labute approximate surface area is 120 Å². The summed E-state index contributed by atoms with van der Waals surface area (Å²) in [6.45, 7) is 7.36. The van der Waals surface area contributed by atoms with Crippen LogP contribution in [-0.4, -0.2) is 25.8 Å². The predicted octanol–water partition coefficient (Wildman–Crippen LogP) is 3.44. The van der Waals surface area contributed by atoms with Crippen molar-refractivity contribution in [1.82, 2.24) is 4.31 Å². The Morgan fingerprint density at radius 3 is 2.16 bits per heavy atom. The second-order valence-corrected chi connectivity index (χ2v) is 6.85. The lowest BCUT2D eigenvalue weighted by Gasteiger charge is -2.25. The average Bonchev–Trinajstić information content (AvgIpc) is 2.65. The maximum absolute atomic E-state index is 12.7. The van der Waals surface area contributed by atoms with Gasteiger partial charge in [-0.25, -0.2) is 8.42 Å². The van der Waals surface area contributed by atoms with Gasteiger partial charge < -0.3 is 4.42 Å². The monoisotopic (exact) mass is 307 g/mol. The van der Waals surface area contributed by atoms with Gasteiger partial charge in [0.05, 0.1) is 5.88 Å². The molecule has 0 N–H and O–H groups in total. The fourth-order valence-corrected chi connectivity index (χ4v) is 4.66. The smallest absolute Gasteiger partial charge is 0.246 e. The van der Waals surface area contributed by atoms with E-state index in [9.17, 15) is 8.42 Å². The number of furan rings is 1. The maximum atomic E-state index is 12.7. The van der Waals surface area contributed by atoms with Gasteiger partial charge >= 0.3 is 0 Å². The molecule has 0 unspecified atom stereocenters. The van der Waals surface area contributed by atoms with Crippen LogP contribution in [0, 0.1) is 13.8 Å². The fourth-order valence-electron chi connectivity index (χ4n) is 2.35. The fraction of sp³-hybridized carbons (Fsp3) is 0.692. The summed E-state index contributed by atoms with van der Waals surface area (Å²) in [7, 11) is -1.94. The predicted molar refractivity (Wildman–Crippen MR) is 77.1 cm³/mol. The van der Waals surface area contributed by atoms with Crippen molar-refractivity contribution in [3.63, 3.8) is 0 Å². The molecule has 6 heteroatoms. The van der Waals surface area contributed by atoms with Crippen molar-refractivity contribution in [2.75, 3.05) is 7.05 Å². The number of nitrogens with zero attached hydrogens (tertiary/aromatic N) is 1. The van der Waals surface area contributed by atoms with Gasteiger partial charge in [0, 0.05) is 18.7 Å². The maximum Gasteiger partial charge on any atom is 0.246 e. The Kier molecular flexibility index (Phi) is 5.47. The SMILES string of the molecule is CCC(CC)N(C)S(=O)(=O)c1c(C)oc(C)c1CCl. The molecular formula is C13H22ClNO3S. The summed E-state index contributed by atoms with van der Waals surface area (Å²) in [5.41, 5.74) is 0.567. The molecule has 110 valence electrons. The van der Waals surface area contributed by atoms with Crippen LogP contribution in [-0.2, 0) is 15.9 Å². The summed E-state index contributed by atoms with van der Waals surface area (Å²) in [4.78, 5) is 0.231. The highest BCUT2D eigenvalue weighted by molar-refractivity contribution is 7.89. The molecule has 1 rings (SSSR count). The molecular weight excluding hydrogens is 286 g/mol. The molecule has 0 aliphatic heterocycles. The van der Waals surface area contributed by atoms with Crippen molar-refractivity contribution in [1.29, 1.82) is 0 Å². The minimum Gasteiger partial charge on any atom is -0.465 e. The summed E-state index contributed by atoms with van der Waals surface area (Å²) in [6.07, 6.45) is 1.55. The minimum absolute atomic E-state index is 0.0113. The summed E-state index contributed by atoms with van der Waals surface area (Å²) < 4.78 is 32.3. The van der Waals surface area contributed by atoms with Crippen molar-refractivity contribution < 1.29 is 12.8 Å². The molecule has 4 nitrogen and oxygen atoms in total. The number of halogens is 1. The summed E-state index contributed by atoms with van der Waals surface area (Å²) >= 11 is 5.87. The Morgan fingerprint density at radius 2 is 1.74 bits per heavy atom. The highest BCUT2D eigenvalue weighted by Crippen LogP contribution is 2.31.